The zero-order valence-electron chi connectivity index (χ0n) is 15.7. The second kappa shape index (κ2) is 8.69. The van der Waals surface area contributed by atoms with Gasteiger partial charge in [0, 0.05) is 6.54 Å². The van der Waals surface area contributed by atoms with Crippen LogP contribution in [0, 0.1) is 0 Å². The molecule has 6 heteroatoms. The van der Waals surface area contributed by atoms with Crippen molar-refractivity contribution < 1.29 is 13.9 Å². The monoisotopic (exact) mass is 377 g/mol. The number of hydrogen-bond donors (Lipinski definition) is 0. The van der Waals surface area contributed by atoms with Crippen LogP contribution in [0.4, 0.5) is 4.79 Å². The van der Waals surface area contributed by atoms with Gasteiger partial charge in [0.15, 0.2) is 0 Å². The maximum atomic E-state index is 12.7. The third-order valence-electron chi connectivity index (χ3n) is 4.91. The third kappa shape index (κ3) is 4.39. The first-order chi connectivity index (χ1) is 13.8. The van der Waals surface area contributed by atoms with Gasteiger partial charge in [0.1, 0.15) is 12.6 Å². The van der Waals surface area contributed by atoms with Crippen molar-refractivity contribution in [3.05, 3.63) is 83.6 Å². The first kappa shape index (κ1) is 18.2. The van der Waals surface area contributed by atoms with Gasteiger partial charge in [0.05, 0.1) is 6.42 Å². The summed E-state index contributed by atoms with van der Waals surface area (Å²) in [4.78, 5) is 14.4. The average molecular weight is 377 g/mol. The smallest absolute Gasteiger partial charge is 0.410 e. The number of hydrogen-bond acceptors (Lipinski definition) is 5. The Balaban J connectivity index is 1.42. The van der Waals surface area contributed by atoms with E-state index in [1.807, 2.05) is 60.7 Å². The van der Waals surface area contributed by atoms with Gasteiger partial charge in [0.2, 0.25) is 11.8 Å². The molecule has 4 rings (SSSR count). The number of nitrogens with zero attached hydrogens (tertiary/aromatic N) is 3. The predicted octanol–water partition coefficient (Wildman–Crippen LogP) is 4.52. The number of carbonyl (C=O) groups excluding carboxylic acids is 1. The summed E-state index contributed by atoms with van der Waals surface area (Å²) in [7, 11) is 0. The number of ether oxygens (including phenoxy) is 1. The lowest BCUT2D eigenvalue weighted by molar-refractivity contribution is 0.0606. The lowest BCUT2D eigenvalue weighted by Gasteiger charge is -2.32. The molecular formula is C22H23N3O3. The van der Waals surface area contributed by atoms with Crippen LogP contribution in [0.25, 0.3) is 0 Å². The van der Waals surface area contributed by atoms with Gasteiger partial charge < -0.3 is 9.15 Å². The minimum atomic E-state index is -0.337. The number of rotatable bonds is 5. The molecule has 28 heavy (non-hydrogen) atoms. The normalized spacial score (nSPS) is 16.7. The molecule has 3 aromatic rings. The molecule has 0 radical (unpaired) electrons. The van der Waals surface area contributed by atoms with Gasteiger partial charge in [-0.3, -0.25) is 4.90 Å². The largest absolute Gasteiger partial charge is 0.445 e. The van der Waals surface area contributed by atoms with E-state index in [1.54, 1.807) is 4.90 Å². The fraction of sp³-hybridized carbons (Fsp3) is 0.318. The highest BCUT2D eigenvalue weighted by atomic mass is 16.6. The highest BCUT2D eigenvalue weighted by Crippen LogP contribution is 2.31. The van der Waals surface area contributed by atoms with E-state index in [-0.39, 0.29) is 18.7 Å². The molecule has 1 aromatic heterocycles. The Morgan fingerprint density at radius 2 is 1.71 bits per heavy atom. The Kier molecular flexibility index (Phi) is 5.66. The van der Waals surface area contributed by atoms with E-state index >= 15 is 0 Å². The molecule has 6 nitrogen and oxygen atoms in total. The number of benzene rings is 2. The molecule has 2 aromatic carbocycles. The van der Waals surface area contributed by atoms with E-state index in [2.05, 4.69) is 10.2 Å². The average Bonchev–Trinajstić information content (AvgIpc) is 3.22. The molecule has 0 saturated carbocycles. The van der Waals surface area contributed by atoms with E-state index in [0.29, 0.717) is 24.7 Å². The third-order valence-corrected chi connectivity index (χ3v) is 4.91. The van der Waals surface area contributed by atoms with Gasteiger partial charge in [-0.2, -0.15) is 0 Å². The molecule has 0 spiro atoms. The van der Waals surface area contributed by atoms with Crippen LogP contribution in [0.2, 0.25) is 0 Å². The van der Waals surface area contributed by atoms with Crippen molar-refractivity contribution in [3.63, 3.8) is 0 Å². The molecule has 1 fully saturated rings. The number of aromatic nitrogens is 2. The molecule has 1 aliphatic rings. The highest BCUT2D eigenvalue weighted by molar-refractivity contribution is 5.68. The van der Waals surface area contributed by atoms with Crippen molar-refractivity contribution in [1.82, 2.24) is 15.1 Å². The zero-order valence-corrected chi connectivity index (χ0v) is 15.7. The van der Waals surface area contributed by atoms with E-state index in [1.165, 1.54) is 0 Å². The van der Waals surface area contributed by atoms with Gasteiger partial charge in [0.25, 0.3) is 0 Å². The summed E-state index contributed by atoms with van der Waals surface area (Å²) in [5, 5.41) is 8.40. The summed E-state index contributed by atoms with van der Waals surface area (Å²) < 4.78 is 11.4. The quantitative estimate of drug-likeness (QED) is 0.654. The summed E-state index contributed by atoms with van der Waals surface area (Å²) in [6.07, 6.45) is 3.01. The minimum Gasteiger partial charge on any atom is -0.445 e. The molecule has 1 amide bonds. The maximum absolute atomic E-state index is 12.7. The first-order valence-corrected chi connectivity index (χ1v) is 9.63. The van der Waals surface area contributed by atoms with E-state index in [0.717, 1.165) is 30.4 Å². The van der Waals surface area contributed by atoms with Crippen LogP contribution >= 0.6 is 0 Å². The van der Waals surface area contributed by atoms with Crippen molar-refractivity contribution in [2.24, 2.45) is 0 Å². The Labute approximate surface area is 164 Å². The Morgan fingerprint density at radius 3 is 2.46 bits per heavy atom. The van der Waals surface area contributed by atoms with Gasteiger partial charge >= 0.3 is 6.09 Å². The highest BCUT2D eigenvalue weighted by Gasteiger charge is 2.33. The van der Waals surface area contributed by atoms with Gasteiger partial charge in [-0.25, -0.2) is 4.79 Å². The van der Waals surface area contributed by atoms with Gasteiger partial charge in [-0.05, 0) is 30.4 Å². The van der Waals surface area contributed by atoms with Crippen LogP contribution in [0.5, 0.6) is 0 Å². The van der Waals surface area contributed by atoms with Gasteiger partial charge in [-0.1, -0.05) is 60.7 Å². The second-order valence-corrected chi connectivity index (χ2v) is 6.94. The van der Waals surface area contributed by atoms with Crippen LogP contribution < -0.4 is 0 Å². The van der Waals surface area contributed by atoms with Crippen molar-refractivity contribution in [2.45, 2.75) is 38.3 Å². The summed E-state index contributed by atoms with van der Waals surface area (Å²) in [6.45, 7) is 0.890. The molecule has 0 aliphatic carbocycles. The van der Waals surface area contributed by atoms with E-state index < -0.39 is 0 Å². The second-order valence-electron chi connectivity index (χ2n) is 6.94. The summed E-state index contributed by atoms with van der Waals surface area (Å²) in [5.41, 5.74) is 2.08. The van der Waals surface area contributed by atoms with Crippen molar-refractivity contribution >= 4 is 6.09 Å². The van der Waals surface area contributed by atoms with E-state index in [4.69, 9.17) is 9.15 Å². The summed E-state index contributed by atoms with van der Waals surface area (Å²) in [5.74, 6) is 1.05. The topological polar surface area (TPSA) is 68.5 Å². The Morgan fingerprint density at radius 1 is 1.00 bits per heavy atom. The standard InChI is InChI=1S/C22H23N3O3/c26-22(27-16-18-11-5-2-6-12-18)25-14-8-7-13-19(25)21-24-23-20(28-21)15-17-9-3-1-4-10-17/h1-6,9-12,19H,7-8,13-16H2/t19-/m0/s1. The maximum Gasteiger partial charge on any atom is 0.410 e. The number of amides is 1. The molecule has 1 atom stereocenters. The number of likely N-dealkylation sites (tertiary alicyclic amines) is 1. The molecule has 1 saturated heterocycles. The molecule has 2 heterocycles. The van der Waals surface area contributed by atoms with Crippen LogP contribution in [-0.4, -0.2) is 27.7 Å². The Hall–Kier alpha value is -3.15. The van der Waals surface area contributed by atoms with Gasteiger partial charge in [-0.15, -0.1) is 10.2 Å². The zero-order chi connectivity index (χ0) is 19.2. The van der Waals surface area contributed by atoms with Crippen LogP contribution in [0.1, 0.15) is 48.2 Å². The molecule has 0 N–H and O–H groups in total. The fourth-order valence-corrected chi connectivity index (χ4v) is 3.45. The SMILES string of the molecule is O=C(OCc1ccccc1)N1CCCC[C@H]1c1nnc(Cc2ccccc2)o1. The lowest BCUT2D eigenvalue weighted by Crippen LogP contribution is -2.39. The van der Waals surface area contributed by atoms with Crippen LogP contribution in [0.15, 0.2) is 65.1 Å². The summed E-state index contributed by atoms with van der Waals surface area (Å²) in [6, 6.07) is 19.4. The number of carbonyl (C=O) groups is 1. The molecule has 0 unspecified atom stereocenters. The van der Waals surface area contributed by atoms with Crippen LogP contribution in [0.3, 0.4) is 0 Å². The van der Waals surface area contributed by atoms with Crippen LogP contribution in [-0.2, 0) is 17.8 Å². The Bertz CT molecular complexity index is 896. The van der Waals surface area contributed by atoms with E-state index in [9.17, 15) is 4.79 Å². The lowest BCUT2D eigenvalue weighted by atomic mass is 10.0. The van der Waals surface area contributed by atoms with Crippen molar-refractivity contribution in [2.75, 3.05) is 6.54 Å². The predicted molar refractivity (Wildman–Crippen MR) is 103 cm³/mol. The fourth-order valence-electron chi connectivity index (χ4n) is 3.45. The minimum absolute atomic E-state index is 0.228. The molecule has 1 aliphatic heterocycles. The number of piperidine rings is 1. The summed E-state index contributed by atoms with van der Waals surface area (Å²) >= 11 is 0. The molecule has 0 bridgehead atoms. The molecule has 144 valence electrons. The first-order valence-electron chi connectivity index (χ1n) is 9.63. The van der Waals surface area contributed by atoms with Crippen molar-refractivity contribution in [3.8, 4) is 0 Å². The molecular weight excluding hydrogens is 354 g/mol. The van der Waals surface area contributed by atoms with Crippen molar-refractivity contribution in [1.29, 1.82) is 0 Å².